The van der Waals surface area contributed by atoms with Gasteiger partial charge in [-0.2, -0.15) is 0 Å². The number of nitrogens with zero attached hydrogens (tertiary/aromatic N) is 1. The first kappa shape index (κ1) is 23.7. The average Bonchev–Trinajstić information content (AvgIpc) is 2.90. The van der Waals surface area contributed by atoms with Crippen LogP contribution in [-0.4, -0.2) is 38.9 Å². The summed E-state index contributed by atoms with van der Waals surface area (Å²) in [7, 11) is 7.78. The van der Waals surface area contributed by atoms with Gasteiger partial charge in [-0.25, -0.2) is 0 Å². The summed E-state index contributed by atoms with van der Waals surface area (Å²) in [5, 5.41) is 3.46. The molecule has 1 N–H and O–H groups in total. The molecule has 0 aliphatic carbocycles. The molecule has 0 bridgehead atoms. The van der Waals surface area contributed by atoms with E-state index in [1.807, 2.05) is 30.3 Å². The van der Waals surface area contributed by atoms with Crippen molar-refractivity contribution in [2.75, 3.05) is 33.8 Å². The Balaban J connectivity index is 1.94. The van der Waals surface area contributed by atoms with Crippen LogP contribution in [0.3, 0.4) is 0 Å². The Kier molecular flexibility index (Phi) is 6.64. The molecule has 180 valence electrons. The maximum absolute atomic E-state index is 13.7. The molecule has 8 nitrogen and oxygen atoms in total. The molecule has 4 aromatic rings. The van der Waals surface area contributed by atoms with Crippen molar-refractivity contribution in [3.8, 4) is 34.1 Å². The molecule has 0 atom stereocenters. The van der Waals surface area contributed by atoms with Gasteiger partial charge < -0.3 is 28.8 Å². The summed E-state index contributed by atoms with van der Waals surface area (Å²) in [6, 6.07) is 17.6. The Morgan fingerprint density at radius 2 is 1.40 bits per heavy atom. The highest BCUT2D eigenvalue weighted by molar-refractivity contribution is 6.07. The molecule has 0 spiro atoms. The molecule has 8 heteroatoms. The number of benzene rings is 3. The van der Waals surface area contributed by atoms with Crippen LogP contribution in [0.25, 0.3) is 22.0 Å². The summed E-state index contributed by atoms with van der Waals surface area (Å²) >= 11 is 0. The third kappa shape index (κ3) is 4.14. The smallest absolute Gasteiger partial charge is 0.257 e. The molecule has 1 heterocycles. The van der Waals surface area contributed by atoms with Gasteiger partial charge in [0.1, 0.15) is 11.6 Å². The predicted molar refractivity (Wildman–Crippen MR) is 135 cm³/mol. The third-order valence-electron chi connectivity index (χ3n) is 5.84. The fourth-order valence-corrected chi connectivity index (χ4v) is 4.13. The Bertz CT molecular complexity index is 1450. The summed E-state index contributed by atoms with van der Waals surface area (Å²) in [5.41, 5.74) is 1.62. The number of ether oxygens (including phenoxy) is 4. The van der Waals surface area contributed by atoms with Crippen molar-refractivity contribution in [1.82, 2.24) is 4.57 Å². The number of amides is 1. The van der Waals surface area contributed by atoms with Crippen LogP contribution in [0.15, 0.2) is 65.5 Å². The van der Waals surface area contributed by atoms with Crippen LogP contribution in [0, 0.1) is 0 Å². The lowest BCUT2D eigenvalue weighted by Crippen LogP contribution is -2.21. The highest BCUT2D eigenvalue weighted by Crippen LogP contribution is 2.39. The van der Waals surface area contributed by atoms with E-state index in [0.717, 1.165) is 0 Å². The zero-order valence-corrected chi connectivity index (χ0v) is 20.2. The van der Waals surface area contributed by atoms with Crippen LogP contribution >= 0.6 is 0 Å². The number of methoxy groups -OCH3 is 4. The summed E-state index contributed by atoms with van der Waals surface area (Å²) in [4.78, 5) is 27.2. The van der Waals surface area contributed by atoms with Crippen molar-refractivity contribution in [2.45, 2.75) is 0 Å². The van der Waals surface area contributed by atoms with Gasteiger partial charge in [0.2, 0.25) is 5.75 Å². The van der Waals surface area contributed by atoms with Gasteiger partial charge in [0.15, 0.2) is 16.9 Å². The van der Waals surface area contributed by atoms with Crippen molar-refractivity contribution >= 4 is 22.6 Å². The van der Waals surface area contributed by atoms with Crippen molar-refractivity contribution in [3.63, 3.8) is 0 Å². The first-order chi connectivity index (χ1) is 16.9. The first-order valence-corrected chi connectivity index (χ1v) is 10.8. The van der Waals surface area contributed by atoms with Gasteiger partial charge in [-0.05, 0) is 30.3 Å². The van der Waals surface area contributed by atoms with E-state index in [2.05, 4.69) is 5.32 Å². The van der Waals surface area contributed by atoms with Gasteiger partial charge in [-0.1, -0.05) is 30.3 Å². The Morgan fingerprint density at radius 3 is 2.03 bits per heavy atom. The quantitative estimate of drug-likeness (QED) is 0.425. The van der Waals surface area contributed by atoms with Crippen molar-refractivity contribution in [3.05, 3.63) is 76.5 Å². The third-order valence-corrected chi connectivity index (χ3v) is 5.84. The molecule has 0 saturated heterocycles. The number of fused-ring (bicyclic) bond motifs is 1. The van der Waals surface area contributed by atoms with E-state index in [1.165, 1.54) is 21.3 Å². The number of para-hydroxylation sites is 2. The molecule has 0 aliphatic rings. The number of anilines is 1. The van der Waals surface area contributed by atoms with Crippen LogP contribution in [0.1, 0.15) is 10.4 Å². The monoisotopic (exact) mass is 474 g/mol. The van der Waals surface area contributed by atoms with E-state index in [9.17, 15) is 9.59 Å². The minimum absolute atomic E-state index is 0.219. The molecule has 4 rings (SSSR count). The standard InChI is InChI=1S/C27H26N2O6/c1-29-19-12-8-6-10-17(19)24(30)23(18-11-7-9-13-20(18)32-2)26(29)28-27(31)16-14-21(33-3)25(35-5)22(15-16)34-4/h6-15H,1-5H3,(H,28,31). The molecule has 3 aromatic carbocycles. The zero-order chi connectivity index (χ0) is 25.1. The van der Waals surface area contributed by atoms with E-state index >= 15 is 0 Å². The highest BCUT2D eigenvalue weighted by Gasteiger charge is 2.23. The van der Waals surface area contributed by atoms with E-state index in [1.54, 1.807) is 49.1 Å². The van der Waals surface area contributed by atoms with E-state index < -0.39 is 5.91 Å². The van der Waals surface area contributed by atoms with Gasteiger partial charge >= 0.3 is 0 Å². The molecule has 0 unspecified atom stereocenters. The number of hydrogen-bond acceptors (Lipinski definition) is 6. The predicted octanol–water partition coefficient (Wildman–Crippen LogP) is 4.49. The van der Waals surface area contributed by atoms with E-state index in [4.69, 9.17) is 18.9 Å². The summed E-state index contributed by atoms with van der Waals surface area (Å²) in [6.07, 6.45) is 0. The van der Waals surface area contributed by atoms with Crippen molar-refractivity contribution in [2.24, 2.45) is 7.05 Å². The second-order valence-corrected chi connectivity index (χ2v) is 7.70. The van der Waals surface area contributed by atoms with Gasteiger partial charge in [0.25, 0.3) is 5.91 Å². The Morgan fingerprint density at radius 1 is 0.800 bits per heavy atom. The molecule has 1 aromatic heterocycles. The van der Waals surface area contributed by atoms with Gasteiger partial charge in [-0.3, -0.25) is 9.59 Å². The summed E-state index contributed by atoms with van der Waals surface area (Å²) in [6.45, 7) is 0. The highest BCUT2D eigenvalue weighted by atomic mass is 16.5. The van der Waals surface area contributed by atoms with Crippen molar-refractivity contribution < 1.29 is 23.7 Å². The van der Waals surface area contributed by atoms with Gasteiger partial charge in [0, 0.05) is 23.6 Å². The lowest BCUT2D eigenvalue weighted by atomic mass is 10.0. The SMILES string of the molecule is COc1ccccc1-c1c(NC(=O)c2cc(OC)c(OC)c(OC)c2)n(C)c2ccccc2c1=O. The Labute approximate surface area is 202 Å². The minimum atomic E-state index is -0.453. The van der Waals surface area contributed by atoms with Gasteiger partial charge in [0.05, 0.1) is 39.5 Å². The Hall–Kier alpha value is -4.46. The normalized spacial score (nSPS) is 10.7. The van der Waals surface area contributed by atoms with Crippen LogP contribution in [0.5, 0.6) is 23.0 Å². The lowest BCUT2D eigenvalue weighted by molar-refractivity contribution is 0.102. The molecule has 35 heavy (non-hydrogen) atoms. The maximum atomic E-state index is 13.7. The fraction of sp³-hybridized carbons (Fsp3) is 0.185. The zero-order valence-electron chi connectivity index (χ0n) is 20.2. The van der Waals surface area contributed by atoms with Crippen LogP contribution in [0.2, 0.25) is 0 Å². The average molecular weight is 475 g/mol. The number of carbonyl (C=O) groups is 1. The fourth-order valence-electron chi connectivity index (χ4n) is 4.13. The molecular weight excluding hydrogens is 448 g/mol. The van der Waals surface area contributed by atoms with E-state index in [-0.39, 0.29) is 11.0 Å². The molecule has 0 aliphatic heterocycles. The molecule has 1 amide bonds. The summed E-state index contributed by atoms with van der Waals surface area (Å²) in [5.74, 6) is 1.45. The lowest BCUT2D eigenvalue weighted by Gasteiger charge is -2.20. The second kappa shape index (κ2) is 9.80. The molecular formula is C27H26N2O6. The molecule has 0 fully saturated rings. The van der Waals surface area contributed by atoms with Crippen LogP contribution in [-0.2, 0) is 7.05 Å². The topological polar surface area (TPSA) is 88.0 Å². The number of pyridine rings is 1. The van der Waals surface area contributed by atoms with Crippen LogP contribution < -0.4 is 29.7 Å². The maximum Gasteiger partial charge on any atom is 0.257 e. The number of aromatic nitrogens is 1. The minimum Gasteiger partial charge on any atom is -0.496 e. The largest absolute Gasteiger partial charge is 0.496 e. The second-order valence-electron chi connectivity index (χ2n) is 7.70. The number of nitrogens with one attached hydrogen (secondary N) is 1. The van der Waals surface area contributed by atoms with Crippen LogP contribution in [0.4, 0.5) is 5.82 Å². The molecule has 0 radical (unpaired) electrons. The molecule has 0 saturated carbocycles. The number of rotatable bonds is 7. The summed E-state index contributed by atoms with van der Waals surface area (Å²) < 4.78 is 23.4. The first-order valence-electron chi connectivity index (χ1n) is 10.8. The van der Waals surface area contributed by atoms with Gasteiger partial charge in [-0.15, -0.1) is 0 Å². The van der Waals surface area contributed by atoms with E-state index in [0.29, 0.717) is 50.8 Å². The number of carbonyl (C=O) groups excluding carboxylic acids is 1. The number of aryl methyl sites for hydroxylation is 1. The van der Waals surface area contributed by atoms with Crippen molar-refractivity contribution in [1.29, 1.82) is 0 Å². The number of hydrogen-bond donors (Lipinski definition) is 1.